The average Bonchev–Trinajstić information content (AvgIpc) is 2.90. The maximum Gasteiger partial charge on any atom is 0.315 e. The smallest absolute Gasteiger partial charge is 0.315 e. The van der Waals surface area contributed by atoms with Crippen LogP contribution in [-0.4, -0.2) is 56.0 Å². The van der Waals surface area contributed by atoms with Crippen LogP contribution in [0.4, 0.5) is 11.4 Å². The summed E-state index contributed by atoms with van der Waals surface area (Å²) < 4.78 is 16.1. The first-order chi connectivity index (χ1) is 14.5. The Morgan fingerprint density at radius 1 is 1.17 bits per heavy atom. The molecule has 0 bridgehead atoms. The Morgan fingerprint density at radius 3 is 2.70 bits per heavy atom. The standard InChI is InChI=1S/C21H20ClN3O5/c1-28-20(27)12-19(26)23-14-3-5-17-15(11-14)21(25-6-8-29-9-7-25)24-16-10-13(22)2-4-18(16)30-17/h2-5,10-11H,6-9,12H2,1H3,(H,23,26). The number of aliphatic imine (C=N–C) groups is 1. The number of amides is 1. The molecule has 2 aromatic carbocycles. The number of amidine groups is 1. The van der Waals surface area contributed by atoms with Crippen LogP contribution in [0.3, 0.4) is 0 Å². The Morgan fingerprint density at radius 2 is 1.93 bits per heavy atom. The van der Waals surface area contributed by atoms with E-state index in [9.17, 15) is 9.59 Å². The van der Waals surface area contributed by atoms with E-state index in [4.69, 9.17) is 26.1 Å². The highest BCUT2D eigenvalue weighted by molar-refractivity contribution is 6.31. The van der Waals surface area contributed by atoms with E-state index in [1.807, 2.05) is 0 Å². The van der Waals surface area contributed by atoms with Gasteiger partial charge in [0.15, 0.2) is 5.75 Å². The molecule has 0 radical (unpaired) electrons. The lowest BCUT2D eigenvalue weighted by Crippen LogP contribution is -2.41. The molecule has 8 nitrogen and oxygen atoms in total. The first-order valence-electron chi connectivity index (χ1n) is 9.43. The van der Waals surface area contributed by atoms with Crippen molar-refractivity contribution < 1.29 is 23.8 Å². The zero-order chi connectivity index (χ0) is 21.1. The quantitative estimate of drug-likeness (QED) is 0.594. The SMILES string of the molecule is COC(=O)CC(=O)Nc1ccc2c(c1)C(N1CCOCC1)=Nc1cc(Cl)ccc1O2. The molecule has 2 heterocycles. The third kappa shape index (κ3) is 4.39. The number of rotatable bonds is 3. The van der Waals surface area contributed by atoms with Crippen LogP contribution in [0.15, 0.2) is 41.4 Å². The summed E-state index contributed by atoms with van der Waals surface area (Å²) in [6.07, 6.45) is -0.363. The van der Waals surface area contributed by atoms with Crippen LogP contribution in [0.1, 0.15) is 12.0 Å². The molecule has 2 aromatic rings. The normalized spacial score (nSPS) is 15.1. The Labute approximate surface area is 178 Å². The molecular weight excluding hydrogens is 410 g/mol. The number of halogens is 1. The Balaban J connectivity index is 1.72. The number of anilines is 1. The van der Waals surface area contributed by atoms with Crippen molar-refractivity contribution in [3.63, 3.8) is 0 Å². The van der Waals surface area contributed by atoms with E-state index in [0.717, 1.165) is 5.56 Å². The van der Waals surface area contributed by atoms with Crippen molar-refractivity contribution >= 4 is 40.7 Å². The zero-order valence-corrected chi connectivity index (χ0v) is 17.1. The topological polar surface area (TPSA) is 89.5 Å². The molecule has 1 N–H and O–H groups in total. The second-order valence-corrected chi connectivity index (χ2v) is 7.20. The fourth-order valence-corrected chi connectivity index (χ4v) is 3.42. The highest BCUT2D eigenvalue weighted by Gasteiger charge is 2.25. The molecule has 1 saturated heterocycles. The van der Waals surface area contributed by atoms with E-state index in [-0.39, 0.29) is 6.42 Å². The van der Waals surface area contributed by atoms with E-state index < -0.39 is 11.9 Å². The summed E-state index contributed by atoms with van der Waals surface area (Å²) in [6.45, 7) is 2.53. The van der Waals surface area contributed by atoms with Gasteiger partial charge in [-0.05, 0) is 36.4 Å². The number of morpholine rings is 1. The number of carbonyl (C=O) groups excluding carboxylic acids is 2. The van der Waals surface area contributed by atoms with E-state index in [2.05, 4.69) is 15.0 Å². The van der Waals surface area contributed by atoms with Gasteiger partial charge in [-0.15, -0.1) is 0 Å². The third-order valence-electron chi connectivity index (χ3n) is 4.71. The number of fused-ring (bicyclic) bond motifs is 2. The lowest BCUT2D eigenvalue weighted by Gasteiger charge is -2.30. The van der Waals surface area contributed by atoms with Gasteiger partial charge in [-0.25, -0.2) is 4.99 Å². The summed E-state index contributed by atoms with van der Waals surface area (Å²) in [7, 11) is 1.24. The van der Waals surface area contributed by atoms with E-state index in [1.54, 1.807) is 36.4 Å². The maximum atomic E-state index is 12.1. The summed E-state index contributed by atoms with van der Waals surface area (Å²) in [5.41, 5.74) is 1.87. The van der Waals surface area contributed by atoms with Crippen LogP contribution >= 0.6 is 11.6 Å². The Bertz CT molecular complexity index is 1020. The summed E-state index contributed by atoms with van der Waals surface area (Å²) >= 11 is 6.17. The van der Waals surface area contributed by atoms with E-state index in [1.165, 1.54) is 7.11 Å². The molecule has 0 aromatic heterocycles. The molecule has 0 atom stereocenters. The van der Waals surface area contributed by atoms with Crippen molar-refractivity contribution in [1.29, 1.82) is 0 Å². The molecule has 9 heteroatoms. The molecular formula is C21H20ClN3O5. The van der Waals surface area contributed by atoms with Gasteiger partial charge >= 0.3 is 5.97 Å². The number of carbonyl (C=O) groups is 2. The van der Waals surface area contributed by atoms with Gasteiger partial charge in [0, 0.05) is 23.8 Å². The van der Waals surface area contributed by atoms with Gasteiger partial charge in [0.1, 0.15) is 23.7 Å². The molecule has 2 aliphatic rings. The molecule has 4 rings (SSSR count). The van der Waals surface area contributed by atoms with Crippen molar-refractivity contribution in [2.45, 2.75) is 6.42 Å². The summed E-state index contributed by atoms with van der Waals surface area (Å²) in [5.74, 6) is 0.835. The van der Waals surface area contributed by atoms with Crippen molar-refractivity contribution in [3.8, 4) is 11.5 Å². The number of methoxy groups -OCH3 is 1. The summed E-state index contributed by atoms with van der Waals surface area (Å²) in [4.78, 5) is 30.4. The van der Waals surface area contributed by atoms with Gasteiger partial charge < -0.3 is 24.4 Å². The molecule has 0 unspecified atom stereocenters. The first-order valence-corrected chi connectivity index (χ1v) is 9.81. The largest absolute Gasteiger partial charge is 0.469 e. The van der Waals surface area contributed by atoms with Crippen LogP contribution < -0.4 is 10.1 Å². The molecule has 1 fully saturated rings. The number of esters is 1. The molecule has 0 spiro atoms. The van der Waals surface area contributed by atoms with Crippen molar-refractivity contribution in [1.82, 2.24) is 4.90 Å². The Hall–Kier alpha value is -3.10. The first kappa shape index (κ1) is 20.2. The number of benzene rings is 2. The van der Waals surface area contributed by atoms with Crippen LogP contribution in [0, 0.1) is 0 Å². The monoisotopic (exact) mass is 429 g/mol. The third-order valence-corrected chi connectivity index (χ3v) is 4.95. The number of hydrogen-bond acceptors (Lipinski definition) is 7. The number of nitrogens with one attached hydrogen (secondary N) is 1. The van der Waals surface area contributed by atoms with Crippen molar-refractivity contribution in [2.75, 3.05) is 38.7 Å². The van der Waals surface area contributed by atoms with Gasteiger partial charge in [-0.3, -0.25) is 9.59 Å². The van der Waals surface area contributed by atoms with Crippen LogP contribution in [-0.2, 0) is 19.1 Å². The van der Waals surface area contributed by atoms with Crippen molar-refractivity contribution in [2.24, 2.45) is 4.99 Å². The predicted molar refractivity (Wildman–Crippen MR) is 112 cm³/mol. The van der Waals surface area contributed by atoms with Crippen LogP contribution in [0.25, 0.3) is 0 Å². The zero-order valence-electron chi connectivity index (χ0n) is 16.3. The van der Waals surface area contributed by atoms with Crippen LogP contribution in [0.2, 0.25) is 5.02 Å². The minimum absolute atomic E-state index is 0.363. The summed E-state index contributed by atoms with van der Waals surface area (Å²) in [5, 5.41) is 3.28. The Kier molecular flexibility index (Phi) is 5.87. The fraction of sp³-hybridized carbons (Fsp3) is 0.286. The molecule has 0 saturated carbocycles. The highest BCUT2D eigenvalue weighted by Crippen LogP contribution is 2.40. The van der Waals surface area contributed by atoms with Gasteiger partial charge in [-0.2, -0.15) is 0 Å². The van der Waals surface area contributed by atoms with Crippen molar-refractivity contribution in [3.05, 3.63) is 47.0 Å². The molecule has 156 valence electrons. The van der Waals surface area contributed by atoms with E-state index >= 15 is 0 Å². The molecule has 0 aliphatic carbocycles. The maximum absolute atomic E-state index is 12.1. The minimum atomic E-state index is -0.603. The second-order valence-electron chi connectivity index (χ2n) is 6.76. The second kappa shape index (κ2) is 8.73. The summed E-state index contributed by atoms with van der Waals surface area (Å²) in [6, 6.07) is 10.5. The molecule has 2 aliphatic heterocycles. The predicted octanol–water partition coefficient (Wildman–Crippen LogP) is 3.36. The van der Waals surface area contributed by atoms with E-state index in [0.29, 0.717) is 60.0 Å². The fourth-order valence-electron chi connectivity index (χ4n) is 3.25. The highest BCUT2D eigenvalue weighted by atomic mass is 35.5. The van der Waals surface area contributed by atoms with Gasteiger partial charge in [0.05, 0.1) is 25.9 Å². The average molecular weight is 430 g/mol. The number of ether oxygens (including phenoxy) is 3. The number of nitrogens with zero attached hydrogens (tertiary/aromatic N) is 2. The van der Waals surface area contributed by atoms with Gasteiger partial charge in [-0.1, -0.05) is 11.6 Å². The minimum Gasteiger partial charge on any atom is -0.469 e. The lowest BCUT2D eigenvalue weighted by atomic mass is 10.1. The lowest BCUT2D eigenvalue weighted by molar-refractivity contribution is -0.142. The van der Waals surface area contributed by atoms with Gasteiger partial charge in [0.2, 0.25) is 5.91 Å². The number of hydrogen-bond donors (Lipinski definition) is 1. The van der Waals surface area contributed by atoms with Gasteiger partial charge in [0.25, 0.3) is 0 Å². The van der Waals surface area contributed by atoms with Crippen LogP contribution in [0.5, 0.6) is 11.5 Å². The molecule has 30 heavy (non-hydrogen) atoms. The molecule has 1 amide bonds.